The monoisotopic (exact) mass is 407 g/mol. The third-order valence-corrected chi connectivity index (χ3v) is 7.03. The molecule has 6 nitrogen and oxygen atoms in total. The van der Waals surface area contributed by atoms with Gasteiger partial charge in [0.1, 0.15) is 5.75 Å². The van der Waals surface area contributed by atoms with Crippen LogP contribution in [0.5, 0.6) is 5.75 Å². The molecule has 2 saturated heterocycles. The zero-order valence-electron chi connectivity index (χ0n) is 16.7. The fourth-order valence-electron chi connectivity index (χ4n) is 5.13. The number of carbonyl (C=O) groups is 1. The molecule has 3 fully saturated rings. The number of nitrogens with zero attached hydrogens (tertiary/aromatic N) is 3. The highest BCUT2D eigenvalue weighted by Gasteiger charge is 2.45. The van der Waals surface area contributed by atoms with Gasteiger partial charge >= 0.3 is 0 Å². The van der Waals surface area contributed by atoms with E-state index in [4.69, 9.17) is 16.3 Å². The molecular weight excluding hydrogens is 378 g/mol. The van der Waals surface area contributed by atoms with E-state index in [2.05, 4.69) is 16.8 Å². The lowest BCUT2D eigenvalue weighted by molar-refractivity contribution is -0.0249. The fourth-order valence-corrected chi connectivity index (χ4v) is 5.29. The van der Waals surface area contributed by atoms with Crippen molar-refractivity contribution >= 4 is 17.5 Å². The van der Waals surface area contributed by atoms with E-state index in [1.165, 1.54) is 0 Å². The van der Waals surface area contributed by atoms with Crippen molar-refractivity contribution in [1.29, 1.82) is 0 Å². The molecule has 4 atom stereocenters. The van der Waals surface area contributed by atoms with Crippen LogP contribution in [0, 0.1) is 11.8 Å². The molecule has 2 heterocycles. The molecule has 1 amide bonds. The van der Waals surface area contributed by atoms with Crippen molar-refractivity contribution in [3.05, 3.63) is 28.8 Å². The van der Waals surface area contributed by atoms with Gasteiger partial charge in [-0.3, -0.25) is 9.69 Å². The lowest BCUT2D eigenvalue weighted by Gasteiger charge is -2.44. The highest BCUT2D eigenvalue weighted by Crippen LogP contribution is 2.39. The SMILES string of the molecule is COc1cc(Cl)ccc1C(=O)N1C[C@H]2C[C@@H](N3CCN(C)CC3)[C@H](O)C[C@H]2C1. The van der Waals surface area contributed by atoms with Gasteiger partial charge in [-0.2, -0.15) is 0 Å². The predicted molar refractivity (Wildman–Crippen MR) is 109 cm³/mol. The second-order valence-corrected chi connectivity index (χ2v) is 8.96. The van der Waals surface area contributed by atoms with Gasteiger partial charge in [-0.15, -0.1) is 0 Å². The molecule has 0 bridgehead atoms. The van der Waals surface area contributed by atoms with Crippen LogP contribution < -0.4 is 4.74 Å². The van der Waals surface area contributed by atoms with Crippen molar-refractivity contribution in [2.45, 2.75) is 25.0 Å². The minimum absolute atomic E-state index is 0.00597. The molecule has 1 aliphatic carbocycles. The first-order valence-corrected chi connectivity index (χ1v) is 10.6. The van der Waals surface area contributed by atoms with Crippen molar-refractivity contribution in [1.82, 2.24) is 14.7 Å². The summed E-state index contributed by atoms with van der Waals surface area (Å²) in [6, 6.07) is 5.38. The van der Waals surface area contributed by atoms with E-state index in [1.54, 1.807) is 25.3 Å². The number of likely N-dealkylation sites (tertiary alicyclic amines) is 1. The van der Waals surface area contributed by atoms with Crippen LogP contribution in [0.25, 0.3) is 0 Å². The maximum absolute atomic E-state index is 13.1. The number of rotatable bonds is 3. The molecule has 154 valence electrons. The van der Waals surface area contributed by atoms with Crippen LogP contribution in [-0.2, 0) is 0 Å². The van der Waals surface area contributed by atoms with Crippen LogP contribution in [0.1, 0.15) is 23.2 Å². The molecular formula is C21H30ClN3O3. The van der Waals surface area contributed by atoms with Gasteiger partial charge in [-0.05, 0) is 49.9 Å². The number of fused-ring (bicyclic) bond motifs is 1. The molecule has 0 unspecified atom stereocenters. The Morgan fingerprint density at radius 3 is 2.50 bits per heavy atom. The van der Waals surface area contributed by atoms with Gasteiger partial charge in [0.05, 0.1) is 18.8 Å². The van der Waals surface area contributed by atoms with Crippen LogP contribution in [0.15, 0.2) is 18.2 Å². The lowest BCUT2D eigenvalue weighted by Crippen LogP contribution is -2.55. The number of aliphatic hydroxyl groups excluding tert-OH is 1. The molecule has 4 rings (SSSR count). The summed E-state index contributed by atoms with van der Waals surface area (Å²) in [6.45, 7) is 5.60. The number of methoxy groups -OCH3 is 1. The molecule has 1 aromatic rings. The maximum Gasteiger partial charge on any atom is 0.257 e. The minimum atomic E-state index is -0.301. The van der Waals surface area contributed by atoms with Crippen molar-refractivity contribution < 1.29 is 14.6 Å². The second-order valence-electron chi connectivity index (χ2n) is 8.52. The fraction of sp³-hybridized carbons (Fsp3) is 0.667. The summed E-state index contributed by atoms with van der Waals surface area (Å²) in [4.78, 5) is 19.8. The first-order chi connectivity index (χ1) is 13.5. The highest BCUT2D eigenvalue weighted by atomic mass is 35.5. The van der Waals surface area contributed by atoms with Crippen LogP contribution in [0.2, 0.25) is 5.02 Å². The summed E-state index contributed by atoms with van der Waals surface area (Å²) in [5.74, 6) is 1.34. The number of benzene rings is 1. The summed E-state index contributed by atoms with van der Waals surface area (Å²) >= 11 is 6.03. The maximum atomic E-state index is 13.1. The third kappa shape index (κ3) is 3.88. The summed E-state index contributed by atoms with van der Waals surface area (Å²) in [7, 11) is 3.71. The molecule has 1 saturated carbocycles. The average molecular weight is 408 g/mol. The number of aliphatic hydroxyl groups is 1. The lowest BCUT2D eigenvalue weighted by atomic mass is 9.77. The molecule has 7 heteroatoms. The minimum Gasteiger partial charge on any atom is -0.496 e. The Balaban J connectivity index is 1.44. The van der Waals surface area contributed by atoms with Crippen molar-refractivity contribution in [3.63, 3.8) is 0 Å². The summed E-state index contributed by atoms with van der Waals surface area (Å²) < 4.78 is 5.37. The first kappa shape index (κ1) is 20.0. The quantitative estimate of drug-likeness (QED) is 0.828. The van der Waals surface area contributed by atoms with E-state index >= 15 is 0 Å². The largest absolute Gasteiger partial charge is 0.496 e. The number of hydrogen-bond acceptors (Lipinski definition) is 5. The van der Waals surface area contributed by atoms with Crippen LogP contribution in [-0.4, -0.2) is 91.3 Å². The molecule has 0 radical (unpaired) electrons. The van der Waals surface area contributed by atoms with E-state index in [1.807, 2.05) is 4.90 Å². The van der Waals surface area contributed by atoms with Gasteiger partial charge in [0, 0.05) is 50.3 Å². The van der Waals surface area contributed by atoms with E-state index in [9.17, 15) is 9.90 Å². The first-order valence-electron chi connectivity index (χ1n) is 10.2. The van der Waals surface area contributed by atoms with E-state index in [0.29, 0.717) is 34.7 Å². The third-order valence-electron chi connectivity index (χ3n) is 6.80. The number of piperazine rings is 1. The Hall–Kier alpha value is -1.34. The number of carbonyl (C=O) groups excluding carboxylic acids is 1. The van der Waals surface area contributed by atoms with Gasteiger partial charge in [0.25, 0.3) is 5.91 Å². The molecule has 3 aliphatic rings. The summed E-state index contributed by atoms with van der Waals surface area (Å²) in [5, 5.41) is 11.4. The number of ether oxygens (including phenoxy) is 1. The normalized spacial score (nSPS) is 31.6. The van der Waals surface area contributed by atoms with Crippen molar-refractivity contribution in [2.24, 2.45) is 11.8 Å². The topological polar surface area (TPSA) is 56.2 Å². The Morgan fingerprint density at radius 2 is 1.82 bits per heavy atom. The van der Waals surface area contributed by atoms with Crippen LogP contribution >= 0.6 is 11.6 Å². The number of hydrogen-bond donors (Lipinski definition) is 1. The Morgan fingerprint density at radius 1 is 1.14 bits per heavy atom. The van der Waals surface area contributed by atoms with E-state index in [-0.39, 0.29) is 18.1 Å². The van der Waals surface area contributed by atoms with Crippen LogP contribution in [0.4, 0.5) is 0 Å². The molecule has 2 aliphatic heterocycles. The van der Waals surface area contributed by atoms with Crippen LogP contribution in [0.3, 0.4) is 0 Å². The molecule has 0 aromatic heterocycles. The zero-order valence-corrected chi connectivity index (χ0v) is 17.4. The summed E-state index contributed by atoms with van der Waals surface area (Å²) in [6.07, 6.45) is 1.45. The van der Waals surface area contributed by atoms with Gasteiger partial charge in [0.2, 0.25) is 0 Å². The average Bonchev–Trinajstić information content (AvgIpc) is 3.10. The Labute approximate surface area is 172 Å². The summed E-state index contributed by atoms with van der Waals surface area (Å²) in [5.41, 5.74) is 0.557. The Kier molecular flexibility index (Phi) is 5.83. The van der Waals surface area contributed by atoms with Crippen molar-refractivity contribution in [2.75, 3.05) is 53.4 Å². The molecule has 1 N–H and O–H groups in total. The predicted octanol–water partition coefficient (Wildman–Crippen LogP) is 1.81. The molecule has 1 aromatic carbocycles. The van der Waals surface area contributed by atoms with Gasteiger partial charge < -0.3 is 19.6 Å². The second kappa shape index (κ2) is 8.19. The van der Waals surface area contributed by atoms with Gasteiger partial charge in [0.15, 0.2) is 0 Å². The number of amides is 1. The standard InChI is InChI=1S/C21H30ClN3O3/c1-23-5-7-24(8-6-23)18-9-14-12-25(13-15(14)10-19(18)26)21(27)17-4-3-16(22)11-20(17)28-2/h3-4,11,14-15,18-19,26H,5-10,12-13H2,1-2H3/t14-,15+,18-,19-/m1/s1. The molecule has 0 spiro atoms. The number of likely N-dealkylation sites (N-methyl/N-ethyl adjacent to an activating group) is 1. The zero-order chi connectivity index (χ0) is 19.8. The van der Waals surface area contributed by atoms with Crippen molar-refractivity contribution in [3.8, 4) is 5.75 Å². The highest BCUT2D eigenvalue weighted by molar-refractivity contribution is 6.30. The smallest absolute Gasteiger partial charge is 0.257 e. The van der Waals surface area contributed by atoms with E-state index in [0.717, 1.165) is 45.6 Å². The number of halogens is 1. The Bertz CT molecular complexity index is 723. The van der Waals surface area contributed by atoms with Gasteiger partial charge in [-0.1, -0.05) is 11.6 Å². The molecule has 28 heavy (non-hydrogen) atoms. The van der Waals surface area contributed by atoms with E-state index < -0.39 is 0 Å². The van der Waals surface area contributed by atoms with Gasteiger partial charge in [-0.25, -0.2) is 0 Å².